The minimum absolute atomic E-state index is 0.103. The fourth-order valence-electron chi connectivity index (χ4n) is 4.32. The molecule has 0 aliphatic heterocycles. The monoisotopic (exact) mass is 432 g/mol. The van der Waals surface area contributed by atoms with Crippen molar-refractivity contribution in [2.75, 3.05) is 13.1 Å². The van der Waals surface area contributed by atoms with Gasteiger partial charge in [-0.15, -0.1) is 11.6 Å². The van der Waals surface area contributed by atoms with Crippen LogP contribution in [0.25, 0.3) is 0 Å². The Bertz CT molecular complexity index is 576. The molecule has 0 heterocycles. The smallest absolute Gasteiger partial charge is 0.0522 e. The lowest BCUT2D eigenvalue weighted by atomic mass is 9.81. The molecule has 0 spiro atoms. The summed E-state index contributed by atoms with van der Waals surface area (Å²) in [7, 11) is 0. The number of rotatable bonds is 11. The number of benzene rings is 1. The molecule has 1 aliphatic rings. The topological polar surface area (TPSA) is 27.1 Å². The van der Waals surface area contributed by atoms with Gasteiger partial charge in [-0.1, -0.05) is 70.0 Å². The lowest BCUT2D eigenvalue weighted by Crippen LogP contribution is -2.39. The van der Waals surface area contributed by atoms with Crippen LogP contribution < -0.4 is 0 Å². The van der Waals surface area contributed by atoms with Crippen molar-refractivity contribution >= 4 is 17.8 Å². The van der Waals surface area contributed by atoms with Crippen molar-refractivity contribution in [3.63, 3.8) is 0 Å². The van der Waals surface area contributed by atoms with E-state index in [1.165, 1.54) is 64.2 Å². The van der Waals surface area contributed by atoms with Crippen LogP contribution >= 0.6 is 11.6 Å². The highest BCUT2D eigenvalue weighted by Gasteiger charge is 2.25. The van der Waals surface area contributed by atoms with E-state index in [9.17, 15) is 0 Å². The molecule has 30 heavy (non-hydrogen) atoms. The van der Waals surface area contributed by atoms with Gasteiger partial charge in [-0.05, 0) is 82.0 Å². The zero-order valence-electron chi connectivity index (χ0n) is 19.9. The molecule has 2 nitrogen and oxygen atoms in total. The van der Waals surface area contributed by atoms with Crippen molar-refractivity contribution in [2.24, 2.45) is 0 Å². The number of halogens is 1. The molecule has 1 aromatic carbocycles. The maximum absolute atomic E-state index is 6.88. The lowest BCUT2D eigenvalue weighted by Gasteiger charge is -2.37. The number of hydrogen-bond donors (Lipinski definition) is 1. The van der Waals surface area contributed by atoms with Gasteiger partial charge in [0.15, 0.2) is 0 Å². The summed E-state index contributed by atoms with van der Waals surface area (Å²) in [5.41, 5.74) is 2.50. The zero-order valence-corrected chi connectivity index (χ0v) is 20.6. The van der Waals surface area contributed by atoms with Gasteiger partial charge in [-0.25, -0.2) is 0 Å². The van der Waals surface area contributed by atoms with Crippen LogP contribution in [0.3, 0.4) is 0 Å². The molecule has 0 saturated heterocycles. The van der Waals surface area contributed by atoms with Crippen LogP contribution in [0.1, 0.15) is 97.0 Å². The third-order valence-electron chi connectivity index (χ3n) is 6.03. The minimum atomic E-state index is 0.103. The highest BCUT2D eigenvalue weighted by atomic mass is 35.5. The quantitative estimate of drug-likeness (QED) is 0.276. The summed E-state index contributed by atoms with van der Waals surface area (Å²) in [4.78, 5) is 2.77. The Hall–Kier alpha value is -1.12. The maximum atomic E-state index is 6.88. The fraction of sp³-hybridized carbons (Fsp3) is 0.667. The van der Waals surface area contributed by atoms with Crippen LogP contribution in [0.4, 0.5) is 0 Å². The molecule has 1 N–H and O–H groups in total. The van der Waals surface area contributed by atoms with E-state index in [4.69, 9.17) is 17.0 Å². The number of alkyl halides is 1. The molecule has 1 fully saturated rings. The Morgan fingerprint density at radius 1 is 1.03 bits per heavy atom. The summed E-state index contributed by atoms with van der Waals surface area (Å²) in [5, 5.41) is 6.99. The van der Waals surface area contributed by atoms with Gasteiger partial charge < -0.3 is 10.3 Å². The van der Waals surface area contributed by atoms with E-state index in [-0.39, 0.29) is 5.38 Å². The summed E-state index contributed by atoms with van der Waals surface area (Å²) >= 11 is 5.87. The van der Waals surface area contributed by atoms with Crippen LogP contribution in [0.2, 0.25) is 0 Å². The summed E-state index contributed by atoms with van der Waals surface area (Å²) in [6.45, 7) is 11.2. The molecule has 2 rings (SSSR count). The fourth-order valence-corrected chi connectivity index (χ4v) is 4.73. The van der Waals surface area contributed by atoms with Gasteiger partial charge in [0.2, 0.25) is 0 Å². The minimum Gasteiger partial charge on any atom is -0.308 e. The number of nitrogens with one attached hydrogen (secondary N) is 1. The van der Waals surface area contributed by atoms with Crippen molar-refractivity contribution in [2.45, 2.75) is 103 Å². The third kappa shape index (κ3) is 10.8. The number of hydrogen-bond acceptors (Lipinski definition) is 2. The molecular weight excluding hydrogens is 388 g/mol. The summed E-state index contributed by atoms with van der Waals surface area (Å²) < 4.78 is 0. The molecule has 1 unspecified atom stereocenters. The highest BCUT2D eigenvalue weighted by Crippen LogP contribution is 2.34. The van der Waals surface area contributed by atoms with Crippen molar-refractivity contribution in [3.05, 3.63) is 47.5 Å². The predicted molar refractivity (Wildman–Crippen MR) is 135 cm³/mol. The van der Waals surface area contributed by atoms with Gasteiger partial charge in [0.05, 0.1) is 5.38 Å². The lowest BCUT2D eigenvalue weighted by molar-refractivity contribution is 0.147. The molecule has 1 saturated carbocycles. The second-order valence-electron chi connectivity index (χ2n) is 8.67. The van der Waals surface area contributed by atoms with Crippen LogP contribution in [-0.4, -0.2) is 35.6 Å². The van der Waals surface area contributed by atoms with Gasteiger partial charge >= 0.3 is 0 Å². The second-order valence-corrected chi connectivity index (χ2v) is 9.23. The SMILES string of the molecule is CCCC(Cl)/C=C(/C)C=N.CCCCN(CCC)C1CCC(c2ccccc2)CC1. The first kappa shape index (κ1) is 26.9. The molecule has 0 aromatic heterocycles. The van der Waals surface area contributed by atoms with E-state index in [2.05, 4.69) is 56.0 Å². The molecule has 3 heteroatoms. The molecule has 170 valence electrons. The molecule has 1 aliphatic carbocycles. The Labute approximate surface area is 191 Å². The Kier molecular flexibility index (Phi) is 14.9. The van der Waals surface area contributed by atoms with E-state index in [0.29, 0.717) is 0 Å². The Morgan fingerprint density at radius 2 is 1.70 bits per heavy atom. The summed E-state index contributed by atoms with van der Waals surface area (Å²) in [6.07, 6.45) is 14.8. The maximum Gasteiger partial charge on any atom is 0.0522 e. The van der Waals surface area contributed by atoms with E-state index in [1.54, 1.807) is 5.56 Å². The normalized spacial score (nSPS) is 20.4. The Morgan fingerprint density at radius 3 is 2.23 bits per heavy atom. The molecule has 0 bridgehead atoms. The van der Waals surface area contributed by atoms with E-state index >= 15 is 0 Å². The first-order valence-electron chi connectivity index (χ1n) is 12.2. The van der Waals surface area contributed by atoms with Gasteiger partial charge in [-0.3, -0.25) is 0 Å². The van der Waals surface area contributed by atoms with Crippen LogP contribution in [0.15, 0.2) is 42.0 Å². The van der Waals surface area contributed by atoms with Gasteiger partial charge in [-0.2, -0.15) is 0 Å². The van der Waals surface area contributed by atoms with Crippen molar-refractivity contribution in [3.8, 4) is 0 Å². The van der Waals surface area contributed by atoms with Crippen LogP contribution in [0.5, 0.6) is 0 Å². The van der Waals surface area contributed by atoms with E-state index < -0.39 is 0 Å². The largest absolute Gasteiger partial charge is 0.308 e. The van der Waals surface area contributed by atoms with Crippen LogP contribution in [-0.2, 0) is 0 Å². The van der Waals surface area contributed by atoms with Crippen LogP contribution in [0, 0.1) is 5.41 Å². The molecular formula is C27H45ClN2. The van der Waals surface area contributed by atoms with Gasteiger partial charge in [0, 0.05) is 12.3 Å². The number of nitrogens with zero attached hydrogens (tertiary/aromatic N) is 1. The van der Waals surface area contributed by atoms with Gasteiger partial charge in [0.25, 0.3) is 0 Å². The first-order chi connectivity index (χ1) is 14.5. The van der Waals surface area contributed by atoms with E-state index in [0.717, 1.165) is 30.4 Å². The first-order valence-corrected chi connectivity index (χ1v) is 12.6. The highest BCUT2D eigenvalue weighted by molar-refractivity contribution is 6.22. The summed E-state index contributed by atoms with van der Waals surface area (Å²) in [6, 6.07) is 12.0. The number of allylic oxidation sites excluding steroid dienone is 2. The Balaban J connectivity index is 0.000000382. The third-order valence-corrected chi connectivity index (χ3v) is 6.37. The number of unbranched alkanes of at least 4 members (excludes halogenated alkanes) is 1. The van der Waals surface area contributed by atoms with Crippen molar-refractivity contribution in [1.82, 2.24) is 4.90 Å². The molecule has 1 atom stereocenters. The molecule has 0 radical (unpaired) electrons. The van der Waals surface area contributed by atoms with Crippen molar-refractivity contribution in [1.29, 1.82) is 5.41 Å². The standard InChI is InChI=1S/C19H31N.C8H14ClN/c1-3-5-16-20(15-4-2)19-13-11-18(12-14-19)17-9-7-6-8-10-17;1-3-4-8(9)5-7(2)6-10/h6-10,18-19H,3-5,11-16H2,1-2H3;5-6,8,10H,3-4H2,1-2H3/b;7-5-,10-6?. The average molecular weight is 433 g/mol. The van der Waals surface area contributed by atoms with Crippen molar-refractivity contribution < 1.29 is 0 Å². The average Bonchev–Trinajstić information content (AvgIpc) is 2.78. The predicted octanol–water partition coefficient (Wildman–Crippen LogP) is 8.21. The zero-order chi connectivity index (χ0) is 22.2. The molecule has 1 aromatic rings. The van der Waals surface area contributed by atoms with E-state index in [1.807, 2.05) is 13.0 Å². The second kappa shape index (κ2) is 16.6. The van der Waals surface area contributed by atoms with Gasteiger partial charge in [0.1, 0.15) is 0 Å². The molecule has 0 amide bonds. The summed E-state index contributed by atoms with van der Waals surface area (Å²) in [5.74, 6) is 0.808.